The Morgan fingerprint density at radius 1 is 0.535 bits per heavy atom. The topological polar surface area (TPSA) is 57.2 Å². The van der Waals surface area contributed by atoms with Gasteiger partial charge in [0.15, 0.2) is 0 Å². The van der Waals surface area contributed by atoms with Gasteiger partial charge >= 0.3 is 29.6 Å². The number of hydrogen-bond donors (Lipinski definition) is 0. The first kappa shape index (κ1) is 80.3. The average Bonchev–Trinajstić information content (AvgIpc) is 1.66. The number of halogens is 6. The van der Waals surface area contributed by atoms with Crippen LogP contribution in [0.15, 0.2) is 163 Å². The van der Waals surface area contributed by atoms with Crippen LogP contribution in [-0.4, -0.2) is 31.7 Å². The van der Waals surface area contributed by atoms with Gasteiger partial charge in [0.1, 0.15) is 10.1 Å². The molecular weight excluding hydrogens is 1120 g/mol. The van der Waals surface area contributed by atoms with Gasteiger partial charge in [-0.2, -0.15) is 0 Å². The molecule has 0 heterocycles. The van der Waals surface area contributed by atoms with Crippen molar-refractivity contribution >= 4 is 15.7 Å². The van der Waals surface area contributed by atoms with E-state index in [1.54, 1.807) is 12.1 Å². The maximum Gasteiger partial charge on any atom is 1.00 e. The first-order valence-corrected chi connectivity index (χ1v) is 33.7. The van der Waals surface area contributed by atoms with Gasteiger partial charge in [-0.15, -0.1) is 0 Å². The van der Waals surface area contributed by atoms with Crippen molar-refractivity contribution in [2.45, 2.75) is 232 Å². The number of benzene rings is 4. The summed E-state index contributed by atoms with van der Waals surface area (Å²) in [5.74, 6) is -5.44. The average molecular weight is 1230 g/mol. The Morgan fingerprint density at radius 2 is 0.895 bits per heavy atom. The summed E-state index contributed by atoms with van der Waals surface area (Å²) < 4.78 is 108. The number of rotatable bonds is 14. The van der Waals surface area contributed by atoms with Gasteiger partial charge in [0, 0.05) is 23.7 Å². The van der Waals surface area contributed by atoms with Crippen molar-refractivity contribution in [1.82, 2.24) is 0 Å². The molecule has 6 aliphatic rings. The summed E-state index contributed by atoms with van der Waals surface area (Å²) in [6, 6.07) is 37.5. The van der Waals surface area contributed by atoms with Crippen LogP contribution in [-0.2, 0) is 26.4 Å². The summed E-state index contributed by atoms with van der Waals surface area (Å²) in [5.41, 5.74) is 6.13. The van der Waals surface area contributed by atoms with Crippen molar-refractivity contribution in [3.8, 4) is 0 Å². The molecule has 6 aliphatic carbocycles. The second kappa shape index (κ2) is 40.2. The van der Waals surface area contributed by atoms with Gasteiger partial charge in [-0.3, -0.25) is 0 Å². The Morgan fingerprint density at radius 3 is 1.20 bits per heavy atom. The molecule has 11 heteroatoms. The van der Waals surface area contributed by atoms with Gasteiger partial charge < -0.3 is 4.55 Å². The van der Waals surface area contributed by atoms with Gasteiger partial charge in [0.25, 0.3) is 11.8 Å². The van der Waals surface area contributed by atoms with E-state index in [4.69, 9.17) is 0 Å². The van der Waals surface area contributed by atoms with E-state index >= 15 is 0 Å². The Bertz CT molecular complexity index is 2630. The first-order chi connectivity index (χ1) is 40.5. The van der Waals surface area contributed by atoms with E-state index in [-0.39, 0.29) is 69.0 Å². The normalized spacial score (nSPS) is 23.9. The molecule has 0 saturated heterocycles. The molecule has 10 atom stereocenters. The van der Waals surface area contributed by atoms with E-state index in [9.17, 15) is 39.3 Å². The summed E-state index contributed by atoms with van der Waals surface area (Å²) in [7, 11) is -4.47. The van der Waals surface area contributed by atoms with Gasteiger partial charge in [-0.25, -0.2) is 34.8 Å². The zero-order valence-electron chi connectivity index (χ0n) is 55.3. The van der Waals surface area contributed by atoms with Crippen molar-refractivity contribution in [1.29, 1.82) is 0 Å². The Kier molecular flexibility index (Phi) is 37.5. The molecule has 0 radical (unpaired) electrons. The summed E-state index contributed by atoms with van der Waals surface area (Å²) in [5, 5.41) is 0. The van der Waals surface area contributed by atoms with E-state index in [1.165, 1.54) is 73.8 Å². The predicted molar refractivity (Wildman–Crippen MR) is 349 cm³/mol. The van der Waals surface area contributed by atoms with Crippen LogP contribution < -0.4 is 29.6 Å². The molecule has 86 heavy (non-hydrogen) atoms. The number of hydrogen-bond acceptors (Lipinski definition) is 3. The molecule has 3 nitrogen and oxygen atoms in total. The van der Waals surface area contributed by atoms with Crippen molar-refractivity contribution in [2.24, 2.45) is 41.4 Å². The summed E-state index contributed by atoms with van der Waals surface area (Å²) in [6.45, 7) is 29.3. The fourth-order valence-electron chi connectivity index (χ4n) is 13.0. The van der Waals surface area contributed by atoms with Gasteiger partial charge in [-0.1, -0.05) is 248 Å². The van der Waals surface area contributed by atoms with Gasteiger partial charge in [0.05, 0.1) is 4.90 Å². The molecule has 0 spiro atoms. The molecule has 4 saturated carbocycles. The minimum Gasteiger partial charge on any atom is -0.744 e. The molecule has 0 aliphatic heterocycles. The molecule has 0 amide bonds. The van der Waals surface area contributed by atoms with Crippen molar-refractivity contribution in [2.75, 3.05) is 6.93 Å². The zero-order valence-corrected chi connectivity index (χ0v) is 58.1. The third kappa shape index (κ3) is 24.3. The van der Waals surface area contributed by atoms with Crippen LogP contribution in [0.4, 0.5) is 26.3 Å². The molecule has 4 fully saturated rings. The molecule has 476 valence electrons. The first-order valence-electron chi connectivity index (χ1n) is 32.3. The number of alkyl halides is 6. The van der Waals surface area contributed by atoms with E-state index in [0.717, 1.165) is 68.4 Å². The van der Waals surface area contributed by atoms with Gasteiger partial charge in [0.2, 0.25) is 6.93 Å². The minimum absolute atomic E-state index is 0. The largest absolute Gasteiger partial charge is 1.00 e. The third-order valence-electron chi connectivity index (χ3n) is 18.5. The summed E-state index contributed by atoms with van der Waals surface area (Å²) in [6.07, 6.45) is 30.7. The van der Waals surface area contributed by atoms with Crippen LogP contribution in [0.2, 0.25) is 0 Å². The predicted octanol–water partition coefficient (Wildman–Crippen LogP) is 20.4. The fraction of sp³-hybridized carbons (Fsp3) is 0.573. The van der Waals surface area contributed by atoms with E-state index < -0.39 is 40.7 Å². The van der Waals surface area contributed by atoms with Crippen LogP contribution in [0.1, 0.15) is 221 Å². The molecular formula is C75H109F6NaO3S. The monoisotopic (exact) mass is 1230 g/mol. The Labute approximate surface area is 542 Å². The smallest absolute Gasteiger partial charge is 0.744 e. The molecule has 0 aromatic heterocycles. The molecule has 10 rings (SSSR count). The number of fused-ring (bicyclic) bond motifs is 2. The molecule has 4 aromatic rings. The minimum atomic E-state index is -4.47. The van der Waals surface area contributed by atoms with Gasteiger partial charge in [-0.05, 0) is 172 Å². The van der Waals surface area contributed by atoms with E-state index in [1.807, 2.05) is 86.6 Å². The molecule has 4 aromatic carbocycles. The standard InChI is InChI=1S/C18H24F2O3S.C18H24F2.C17H24.C9H10.C6H8.3C2H6.CH2F2.Na/c1-3-17(2,13-7-9-14(10-8-13)24(21,22)23)11-12-5-4-6-15-16(12)18(15,19)20;1-3-17(2,14-9-5-4-6-10-14)12-13-8-7-11-15-16(13)18(15,19)20;1-3-17(2,16-12-8-5-9-13-16)14-15-10-6-4-7-11-15;1-8(2)9-6-4-3-5-7-9;1-2-4-6-5-3-1;3*1-2;2-1-3;/h7-10,12,15-16H,3-6,11H2,1-2H3,(H,21,22,23);4-6,9-10,13,15-16H,3,7-8,11-12H2,1-2H3;5-6,8-10,12-13,15H,3-4,7,11,14H2,1-2H3;3-7H,1H2,2H3;1-4H,5-6H2;3*1-2H3;1H2;/q;;;;;;;;;+1/p-1. The van der Waals surface area contributed by atoms with Crippen molar-refractivity contribution in [3.63, 3.8) is 0 Å². The molecule has 0 N–H and O–H groups in total. The molecule has 10 unspecified atom stereocenters. The molecule has 0 bridgehead atoms. The van der Waals surface area contributed by atoms with Crippen LogP contribution in [0.25, 0.3) is 5.57 Å². The fourth-order valence-corrected chi connectivity index (χ4v) is 13.5. The van der Waals surface area contributed by atoms with E-state index in [2.05, 4.69) is 137 Å². The third-order valence-corrected chi connectivity index (χ3v) is 19.3. The van der Waals surface area contributed by atoms with Crippen LogP contribution in [0.5, 0.6) is 0 Å². The quantitative estimate of drug-likeness (QED) is 0.0547. The van der Waals surface area contributed by atoms with Crippen molar-refractivity contribution < 1.29 is 68.9 Å². The van der Waals surface area contributed by atoms with Crippen LogP contribution >= 0.6 is 0 Å². The Balaban J connectivity index is 0.000000544. The summed E-state index contributed by atoms with van der Waals surface area (Å²) in [4.78, 5) is -0.254. The maximum absolute atomic E-state index is 13.9. The Hall–Kier alpha value is -3.67. The summed E-state index contributed by atoms with van der Waals surface area (Å²) >= 11 is 0. The second-order valence-corrected chi connectivity index (χ2v) is 25.2. The SMILES string of the molecule is C1=CCCC=C1.C=C(C)c1ccccc1.CC.CC.CC.CCC(C)(CC1C=CCCC1)c1ccccc1.CCC(C)(CC1CCCC2C1C2(F)F)c1ccc(S(=O)(=O)[O-])cc1.CCC(C)(CC1CCCC2C1C2(F)F)c1ccccc1.FCF.[Na+]. The van der Waals surface area contributed by atoms with Crippen molar-refractivity contribution in [3.05, 3.63) is 181 Å². The number of allylic oxidation sites excluding steroid dienone is 7. The van der Waals surface area contributed by atoms with Crippen LogP contribution in [0.3, 0.4) is 0 Å². The zero-order chi connectivity index (χ0) is 63.9. The van der Waals surface area contributed by atoms with Crippen LogP contribution in [0, 0.1) is 41.4 Å². The maximum atomic E-state index is 13.9. The van der Waals surface area contributed by atoms with E-state index in [0.29, 0.717) is 18.3 Å². The second-order valence-electron chi connectivity index (χ2n) is 23.9.